The van der Waals surface area contributed by atoms with Gasteiger partial charge in [-0.15, -0.1) is 0 Å². The molecule has 0 bridgehead atoms. The van der Waals surface area contributed by atoms with Crippen LogP contribution < -0.4 is 16.0 Å². The molecule has 1 amide bonds. The maximum absolute atomic E-state index is 10.5. The zero-order valence-corrected chi connectivity index (χ0v) is 8.76. The Labute approximate surface area is 93.1 Å². The quantitative estimate of drug-likeness (QED) is 0.678. The van der Waals surface area contributed by atoms with Gasteiger partial charge in [0.2, 0.25) is 0 Å². The number of pyridine rings is 1. The summed E-state index contributed by atoms with van der Waals surface area (Å²) in [6.07, 6.45) is 3.11. The van der Waals surface area contributed by atoms with E-state index in [-0.39, 0.29) is 6.04 Å². The number of hydrogen-bond acceptors (Lipinski definition) is 4. The molecule has 1 aromatic rings. The lowest BCUT2D eigenvalue weighted by atomic mass is 10.3. The van der Waals surface area contributed by atoms with Crippen molar-refractivity contribution < 1.29 is 9.90 Å². The van der Waals surface area contributed by atoms with E-state index in [9.17, 15) is 4.79 Å². The van der Waals surface area contributed by atoms with Crippen LogP contribution in [0.3, 0.4) is 0 Å². The van der Waals surface area contributed by atoms with Gasteiger partial charge >= 0.3 is 6.09 Å². The molecule has 0 aromatic carbocycles. The monoisotopic (exact) mass is 222 g/mol. The summed E-state index contributed by atoms with van der Waals surface area (Å²) in [5, 5.41) is 11.1. The molecule has 1 unspecified atom stereocenters. The molecule has 86 valence electrons. The Bertz CT molecular complexity index is 396. The zero-order chi connectivity index (χ0) is 11.5. The predicted molar refractivity (Wildman–Crippen MR) is 60.4 cm³/mol. The van der Waals surface area contributed by atoms with Crippen LogP contribution in [0.25, 0.3) is 0 Å². The van der Waals surface area contributed by atoms with E-state index in [0.29, 0.717) is 12.2 Å². The topological polar surface area (TPSA) is 91.5 Å². The lowest BCUT2D eigenvalue weighted by molar-refractivity contribution is 0.191. The van der Waals surface area contributed by atoms with Crippen LogP contribution in [0.2, 0.25) is 0 Å². The fraction of sp³-hybridized carbons (Fsp3) is 0.400. The molecule has 1 aliphatic heterocycles. The average molecular weight is 222 g/mol. The molecule has 0 spiro atoms. The summed E-state index contributed by atoms with van der Waals surface area (Å²) in [6, 6.07) is 1.82. The Kier molecular flexibility index (Phi) is 2.80. The van der Waals surface area contributed by atoms with E-state index >= 15 is 0 Å². The Morgan fingerprint density at radius 1 is 1.69 bits per heavy atom. The highest BCUT2D eigenvalue weighted by Gasteiger charge is 2.24. The fourth-order valence-electron chi connectivity index (χ4n) is 1.96. The van der Waals surface area contributed by atoms with Crippen molar-refractivity contribution in [1.82, 2.24) is 10.3 Å². The number of carbonyl (C=O) groups is 1. The van der Waals surface area contributed by atoms with E-state index in [1.165, 1.54) is 0 Å². The largest absolute Gasteiger partial charge is 0.465 e. The SMILES string of the molecule is Nc1cnccc1N1CCC(NC(=O)O)C1. The summed E-state index contributed by atoms with van der Waals surface area (Å²) < 4.78 is 0. The Hall–Kier alpha value is -1.98. The van der Waals surface area contributed by atoms with Gasteiger partial charge in [-0.25, -0.2) is 4.79 Å². The minimum absolute atomic E-state index is 0.0231. The number of nitrogen functional groups attached to an aromatic ring is 1. The highest BCUT2D eigenvalue weighted by atomic mass is 16.4. The van der Waals surface area contributed by atoms with Gasteiger partial charge in [0.1, 0.15) is 0 Å². The second-order valence-corrected chi connectivity index (χ2v) is 3.82. The Morgan fingerprint density at radius 2 is 2.50 bits per heavy atom. The van der Waals surface area contributed by atoms with Crippen LogP contribution in [0.1, 0.15) is 6.42 Å². The molecule has 2 rings (SSSR count). The molecule has 1 fully saturated rings. The number of hydrogen-bond donors (Lipinski definition) is 3. The van der Waals surface area contributed by atoms with Crippen molar-refractivity contribution in [3.8, 4) is 0 Å². The third-order valence-corrected chi connectivity index (χ3v) is 2.68. The number of amides is 1. The zero-order valence-electron chi connectivity index (χ0n) is 8.76. The van der Waals surface area contributed by atoms with E-state index in [1.807, 2.05) is 6.07 Å². The van der Waals surface area contributed by atoms with Gasteiger partial charge in [-0.05, 0) is 12.5 Å². The Morgan fingerprint density at radius 3 is 3.19 bits per heavy atom. The first-order valence-electron chi connectivity index (χ1n) is 5.10. The number of nitrogens with two attached hydrogens (primary N) is 1. The van der Waals surface area contributed by atoms with E-state index < -0.39 is 6.09 Å². The summed E-state index contributed by atoms with van der Waals surface area (Å²) in [6.45, 7) is 1.46. The first kappa shape index (κ1) is 10.5. The van der Waals surface area contributed by atoms with E-state index in [1.54, 1.807) is 12.4 Å². The number of carboxylic acid groups (broad SMARTS) is 1. The average Bonchev–Trinajstić information content (AvgIpc) is 2.66. The minimum Gasteiger partial charge on any atom is -0.465 e. The molecular formula is C10H14N4O2. The van der Waals surface area contributed by atoms with Gasteiger partial charge in [0.15, 0.2) is 0 Å². The standard InChI is InChI=1S/C10H14N4O2/c11-8-5-12-3-1-9(8)14-4-2-7(6-14)13-10(15)16/h1,3,5,7,13H,2,4,6,11H2,(H,15,16). The number of nitrogens with one attached hydrogen (secondary N) is 1. The summed E-state index contributed by atoms with van der Waals surface area (Å²) in [7, 11) is 0. The third-order valence-electron chi connectivity index (χ3n) is 2.68. The Balaban J connectivity index is 2.04. The molecule has 6 nitrogen and oxygen atoms in total. The molecule has 1 aliphatic rings. The minimum atomic E-state index is -0.977. The van der Waals surface area contributed by atoms with Gasteiger partial charge in [0.25, 0.3) is 0 Å². The molecule has 1 aromatic heterocycles. The molecule has 16 heavy (non-hydrogen) atoms. The molecule has 2 heterocycles. The lowest BCUT2D eigenvalue weighted by Crippen LogP contribution is -2.36. The van der Waals surface area contributed by atoms with Crippen molar-refractivity contribution in [2.75, 3.05) is 23.7 Å². The number of aromatic nitrogens is 1. The van der Waals surface area contributed by atoms with Crippen molar-refractivity contribution in [2.45, 2.75) is 12.5 Å². The molecule has 0 radical (unpaired) electrons. The van der Waals surface area contributed by atoms with Crippen LogP contribution >= 0.6 is 0 Å². The van der Waals surface area contributed by atoms with Gasteiger partial charge in [0, 0.05) is 19.3 Å². The van der Waals surface area contributed by atoms with Crippen LogP contribution in [0, 0.1) is 0 Å². The van der Waals surface area contributed by atoms with Crippen LogP contribution in [0.5, 0.6) is 0 Å². The van der Waals surface area contributed by atoms with Gasteiger partial charge < -0.3 is 21.1 Å². The highest BCUT2D eigenvalue weighted by Crippen LogP contribution is 2.25. The maximum Gasteiger partial charge on any atom is 0.404 e. The van der Waals surface area contributed by atoms with Gasteiger partial charge in [0.05, 0.1) is 23.6 Å². The fourth-order valence-corrected chi connectivity index (χ4v) is 1.96. The maximum atomic E-state index is 10.5. The van der Waals surface area contributed by atoms with Crippen molar-refractivity contribution in [3.63, 3.8) is 0 Å². The van der Waals surface area contributed by atoms with Gasteiger partial charge in [-0.3, -0.25) is 4.98 Å². The highest BCUT2D eigenvalue weighted by molar-refractivity contribution is 5.68. The summed E-state index contributed by atoms with van der Waals surface area (Å²) in [5.41, 5.74) is 7.35. The van der Waals surface area contributed by atoms with Gasteiger partial charge in [-0.1, -0.05) is 0 Å². The van der Waals surface area contributed by atoms with Gasteiger partial charge in [-0.2, -0.15) is 0 Å². The van der Waals surface area contributed by atoms with Crippen LogP contribution in [-0.4, -0.2) is 35.3 Å². The van der Waals surface area contributed by atoms with Crippen LogP contribution in [-0.2, 0) is 0 Å². The number of anilines is 2. The van der Waals surface area contributed by atoms with E-state index in [4.69, 9.17) is 10.8 Å². The predicted octanol–water partition coefficient (Wildman–Crippen LogP) is 0.510. The molecule has 0 aliphatic carbocycles. The molecule has 4 N–H and O–H groups in total. The molecule has 1 atom stereocenters. The van der Waals surface area contributed by atoms with Crippen LogP contribution in [0.4, 0.5) is 16.2 Å². The third kappa shape index (κ3) is 2.16. The first-order valence-corrected chi connectivity index (χ1v) is 5.10. The first-order chi connectivity index (χ1) is 7.66. The second-order valence-electron chi connectivity index (χ2n) is 3.82. The summed E-state index contributed by atoms with van der Waals surface area (Å²) in [4.78, 5) is 16.5. The second kappa shape index (κ2) is 4.26. The smallest absolute Gasteiger partial charge is 0.404 e. The lowest BCUT2D eigenvalue weighted by Gasteiger charge is -2.19. The number of rotatable bonds is 2. The molecular weight excluding hydrogens is 208 g/mol. The molecule has 1 saturated heterocycles. The van der Waals surface area contributed by atoms with Crippen molar-refractivity contribution in [1.29, 1.82) is 0 Å². The normalized spacial score (nSPS) is 19.8. The number of nitrogens with zero attached hydrogens (tertiary/aromatic N) is 2. The summed E-state index contributed by atoms with van der Waals surface area (Å²) >= 11 is 0. The molecule has 0 saturated carbocycles. The van der Waals surface area contributed by atoms with E-state index in [0.717, 1.165) is 18.7 Å². The van der Waals surface area contributed by atoms with Crippen LogP contribution in [0.15, 0.2) is 18.5 Å². The molecule has 6 heteroatoms. The van der Waals surface area contributed by atoms with Crippen molar-refractivity contribution in [3.05, 3.63) is 18.5 Å². The van der Waals surface area contributed by atoms with E-state index in [2.05, 4.69) is 15.2 Å². The summed E-state index contributed by atoms with van der Waals surface area (Å²) in [5.74, 6) is 0. The van der Waals surface area contributed by atoms with Crippen molar-refractivity contribution in [2.24, 2.45) is 0 Å². The van der Waals surface area contributed by atoms with Crippen molar-refractivity contribution >= 4 is 17.5 Å².